The minimum atomic E-state index is -2.51. The van der Waals surface area contributed by atoms with Crippen LogP contribution in [0.2, 0.25) is 0 Å². The number of benzene rings is 1. The maximum absolute atomic E-state index is 12.1. The second-order valence-corrected chi connectivity index (χ2v) is 3.33. The molecule has 2 N–H and O–H groups in total. The van der Waals surface area contributed by atoms with Gasteiger partial charge in [0.15, 0.2) is 0 Å². The van der Waals surface area contributed by atoms with Crippen LogP contribution in [0.1, 0.15) is 11.6 Å². The Hall–Kier alpha value is -0.480. The van der Waals surface area contributed by atoms with Gasteiger partial charge in [0.25, 0.3) is 6.43 Å². The van der Waals surface area contributed by atoms with Gasteiger partial charge in [-0.25, -0.2) is 8.78 Å². The Morgan fingerprint density at radius 3 is 2.50 bits per heavy atom. The average Bonchev–Trinajstić information content (AvgIpc) is 2.03. The standard InChI is InChI=1S/C8H8BrF2N/c9-6-3-1-2-5(4-6)7(12)8(10)11/h1-4,7-8H,12H2. The minimum absolute atomic E-state index is 0.444. The van der Waals surface area contributed by atoms with Crippen LogP contribution in [0, 0.1) is 0 Å². The van der Waals surface area contributed by atoms with Gasteiger partial charge in [-0.15, -0.1) is 0 Å². The Kier molecular flexibility index (Phi) is 3.17. The van der Waals surface area contributed by atoms with Crippen LogP contribution in [0.3, 0.4) is 0 Å². The lowest BCUT2D eigenvalue weighted by Gasteiger charge is -2.10. The lowest BCUT2D eigenvalue weighted by Crippen LogP contribution is -2.18. The van der Waals surface area contributed by atoms with Gasteiger partial charge >= 0.3 is 0 Å². The van der Waals surface area contributed by atoms with Crippen molar-refractivity contribution in [1.29, 1.82) is 0 Å². The first kappa shape index (κ1) is 9.61. The molecule has 0 amide bonds. The molecule has 0 radical (unpaired) electrons. The van der Waals surface area contributed by atoms with Crippen LogP contribution in [0.4, 0.5) is 8.78 Å². The summed E-state index contributed by atoms with van der Waals surface area (Å²) in [6, 6.07) is 5.43. The predicted molar refractivity (Wildman–Crippen MR) is 47.1 cm³/mol. The van der Waals surface area contributed by atoms with E-state index < -0.39 is 12.5 Å². The van der Waals surface area contributed by atoms with E-state index in [0.717, 1.165) is 4.47 Å². The molecular weight excluding hydrogens is 228 g/mol. The monoisotopic (exact) mass is 235 g/mol. The number of halogens is 3. The van der Waals surface area contributed by atoms with Crippen LogP contribution in [-0.2, 0) is 0 Å². The smallest absolute Gasteiger partial charge is 0.257 e. The third-order valence-electron chi connectivity index (χ3n) is 1.51. The van der Waals surface area contributed by atoms with Gasteiger partial charge in [0, 0.05) is 4.47 Å². The summed E-state index contributed by atoms with van der Waals surface area (Å²) in [7, 11) is 0. The first-order valence-corrected chi connectivity index (χ1v) is 4.20. The highest BCUT2D eigenvalue weighted by Crippen LogP contribution is 2.20. The van der Waals surface area contributed by atoms with Gasteiger partial charge in [0.2, 0.25) is 0 Å². The average molecular weight is 236 g/mol. The molecule has 0 aliphatic heterocycles. The van der Waals surface area contributed by atoms with E-state index in [4.69, 9.17) is 5.73 Å². The summed E-state index contributed by atoms with van der Waals surface area (Å²) < 4.78 is 25.0. The fraction of sp³-hybridized carbons (Fsp3) is 0.250. The molecule has 0 heterocycles. The molecule has 0 fully saturated rings. The summed E-state index contributed by atoms with van der Waals surface area (Å²) in [5.74, 6) is 0. The van der Waals surface area contributed by atoms with Crippen molar-refractivity contribution in [1.82, 2.24) is 0 Å². The molecular formula is C8H8BrF2N. The van der Waals surface area contributed by atoms with Crippen molar-refractivity contribution in [3.8, 4) is 0 Å². The molecule has 0 aliphatic rings. The molecule has 0 bridgehead atoms. The Morgan fingerprint density at radius 1 is 1.33 bits per heavy atom. The van der Waals surface area contributed by atoms with Gasteiger partial charge in [0.1, 0.15) is 0 Å². The summed E-state index contributed by atoms with van der Waals surface area (Å²) in [6.45, 7) is 0. The molecule has 1 unspecified atom stereocenters. The third-order valence-corrected chi connectivity index (χ3v) is 2.00. The Bertz CT molecular complexity index is 265. The minimum Gasteiger partial charge on any atom is -0.319 e. The first-order valence-electron chi connectivity index (χ1n) is 3.40. The molecule has 12 heavy (non-hydrogen) atoms. The molecule has 1 aromatic carbocycles. The van der Waals surface area contributed by atoms with E-state index in [0.29, 0.717) is 5.56 Å². The number of nitrogens with two attached hydrogens (primary N) is 1. The van der Waals surface area contributed by atoms with E-state index in [1.54, 1.807) is 24.3 Å². The maximum Gasteiger partial charge on any atom is 0.257 e. The number of hydrogen-bond donors (Lipinski definition) is 1. The van der Waals surface area contributed by atoms with Crippen molar-refractivity contribution in [2.45, 2.75) is 12.5 Å². The Morgan fingerprint density at radius 2 is 2.00 bits per heavy atom. The van der Waals surface area contributed by atoms with E-state index >= 15 is 0 Å². The molecule has 1 nitrogen and oxygen atoms in total. The summed E-state index contributed by atoms with van der Waals surface area (Å²) >= 11 is 3.18. The molecule has 0 spiro atoms. The van der Waals surface area contributed by atoms with Gasteiger partial charge in [-0.2, -0.15) is 0 Å². The Balaban J connectivity index is 2.88. The first-order chi connectivity index (χ1) is 5.61. The van der Waals surface area contributed by atoms with Crippen LogP contribution in [0.25, 0.3) is 0 Å². The van der Waals surface area contributed by atoms with Gasteiger partial charge in [0.05, 0.1) is 6.04 Å². The van der Waals surface area contributed by atoms with Gasteiger partial charge in [-0.05, 0) is 17.7 Å². The van der Waals surface area contributed by atoms with Crippen molar-refractivity contribution < 1.29 is 8.78 Å². The molecule has 0 saturated heterocycles. The van der Waals surface area contributed by atoms with E-state index in [1.807, 2.05) is 0 Å². The second-order valence-electron chi connectivity index (χ2n) is 2.42. The number of alkyl halides is 2. The largest absolute Gasteiger partial charge is 0.319 e. The van der Waals surface area contributed by atoms with Gasteiger partial charge < -0.3 is 5.73 Å². The fourth-order valence-corrected chi connectivity index (χ4v) is 1.28. The topological polar surface area (TPSA) is 26.0 Å². The molecule has 4 heteroatoms. The number of rotatable bonds is 2. The fourth-order valence-electron chi connectivity index (χ4n) is 0.859. The zero-order valence-electron chi connectivity index (χ0n) is 6.18. The SMILES string of the molecule is NC(c1cccc(Br)c1)C(F)F. The second kappa shape index (κ2) is 3.96. The zero-order chi connectivity index (χ0) is 9.14. The molecule has 0 saturated carbocycles. The van der Waals surface area contributed by atoms with Crippen molar-refractivity contribution in [2.75, 3.05) is 0 Å². The normalized spacial score (nSPS) is 13.4. The van der Waals surface area contributed by atoms with Crippen LogP contribution < -0.4 is 5.73 Å². The lowest BCUT2D eigenvalue weighted by atomic mass is 10.1. The van der Waals surface area contributed by atoms with Gasteiger partial charge in [-0.1, -0.05) is 28.1 Å². The quantitative estimate of drug-likeness (QED) is 0.839. The summed E-state index contributed by atoms with van der Waals surface area (Å²) in [4.78, 5) is 0. The molecule has 0 aromatic heterocycles. The molecule has 1 aromatic rings. The third kappa shape index (κ3) is 2.25. The zero-order valence-corrected chi connectivity index (χ0v) is 7.76. The van der Waals surface area contributed by atoms with Crippen LogP contribution >= 0.6 is 15.9 Å². The summed E-state index contributed by atoms with van der Waals surface area (Å²) in [5.41, 5.74) is 5.68. The lowest BCUT2D eigenvalue weighted by molar-refractivity contribution is 0.116. The highest BCUT2D eigenvalue weighted by atomic mass is 79.9. The van der Waals surface area contributed by atoms with Crippen molar-refractivity contribution in [3.05, 3.63) is 34.3 Å². The molecule has 66 valence electrons. The molecule has 1 rings (SSSR count). The van der Waals surface area contributed by atoms with Crippen LogP contribution in [0.15, 0.2) is 28.7 Å². The van der Waals surface area contributed by atoms with Crippen LogP contribution in [-0.4, -0.2) is 6.43 Å². The van der Waals surface area contributed by atoms with Crippen molar-refractivity contribution in [3.63, 3.8) is 0 Å². The predicted octanol–water partition coefficient (Wildman–Crippen LogP) is 2.71. The van der Waals surface area contributed by atoms with Crippen molar-refractivity contribution >= 4 is 15.9 Å². The highest BCUT2D eigenvalue weighted by molar-refractivity contribution is 9.10. The van der Waals surface area contributed by atoms with E-state index in [-0.39, 0.29) is 0 Å². The molecule has 0 aliphatic carbocycles. The Labute approximate surface area is 77.7 Å². The van der Waals surface area contributed by atoms with E-state index in [9.17, 15) is 8.78 Å². The summed E-state index contributed by atoms with van der Waals surface area (Å²) in [5, 5.41) is 0. The summed E-state index contributed by atoms with van der Waals surface area (Å²) in [6.07, 6.45) is -2.51. The molecule has 1 atom stereocenters. The van der Waals surface area contributed by atoms with Crippen LogP contribution in [0.5, 0.6) is 0 Å². The van der Waals surface area contributed by atoms with E-state index in [1.165, 1.54) is 0 Å². The van der Waals surface area contributed by atoms with Crippen molar-refractivity contribution in [2.24, 2.45) is 5.73 Å². The van der Waals surface area contributed by atoms with Gasteiger partial charge in [-0.3, -0.25) is 0 Å². The van der Waals surface area contributed by atoms with E-state index in [2.05, 4.69) is 15.9 Å². The number of hydrogen-bond acceptors (Lipinski definition) is 1. The maximum atomic E-state index is 12.1. The highest BCUT2D eigenvalue weighted by Gasteiger charge is 2.16.